The molecule has 38 heavy (non-hydrogen) atoms. The highest BCUT2D eigenvalue weighted by atomic mass is 16.3. The van der Waals surface area contributed by atoms with Gasteiger partial charge in [0.15, 0.2) is 0 Å². The Balaban J connectivity index is 1.64. The van der Waals surface area contributed by atoms with Crippen LogP contribution in [0.25, 0.3) is 5.57 Å². The van der Waals surface area contributed by atoms with Gasteiger partial charge in [-0.15, -0.1) is 0 Å². The minimum atomic E-state index is -0.0780. The van der Waals surface area contributed by atoms with E-state index in [4.69, 9.17) is 15.0 Å². The number of fused-ring (bicyclic) bond motifs is 5. The summed E-state index contributed by atoms with van der Waals surface area (Å²) in [5, 5.41) is 14.3. The van der Waals surface area contributed by atoms with Crippen molar-refractivity contribution in [3.63, 3.8) is 0 Å². The molecule has 0 aromatic heterocycles. The second kappa shape index (κ2) is 8.66. The Morgan fingerprint density at radius 2 is 1.58 bits per heavy atom. The van der Waals surface area contributed by atoms with E-state index in [9.17, 15) is 5.11 Å². The van der Waals surface area contributed by atoms with Crippen molar-refractivity contribution < 1.29 is 5.11 Å². The van der Waals surface area contributed by atoms with Gasteiger partial charge in [0.05, 0.1) is 40.0 Å². The van der Waals surface area contributed by atoms with Gasteiger partial charge < -0.3 is 10.4 Å². The van der Waals surface area contributed by atoms with Crippen LogP contribution in [-0.2, 0) is 0 Å². The van der Waals surface area contributed by atoms with Crippen LogP contribution in [0.5, 0.6) is 0 Å². The lowest BCUT2D eigenvalue weighted by Crippen LogP contribution is -2.14. The van der Waals surface area contributed by atoms with Crippen molar-refractivity contribution >= 4 is 22.7 Å². The van der Waals surface area contributed by atoms with Gasteiger partial charge in [-0.1, -0.05) is 31.5 Å². The van der Waals surface area contributed by atoms with Gasteiger partial charge in [-0.2, -0.15) is 0 Å². The Bertz CT molecular complexity index is 1630. The number of aryl methyl sites for hydroxylation is 3. The number of rotatable bonds is 1. The highest BCUT2D eigenvalue weighted by Gasteiger charge is 2.33. The standard InChI is InChI=1S/C33H32N4O/c1-18-11-19(2)31(20(3)12-18)32-27-10-9-23(35-27)13-22-7-8-24(34-22)15-30-33(5,6)17-25(36-30)14-28-26(21(4)38)16-29(32)37-28/h7-16,36,38H,17H2,1-6H3/b22-13?,25-14?,26-21-,30-15?,32-27?. The third kappa shape index (κ3) is 4.18. The Kier molecular flexibility index (Phi) is 5.49. The largest absolute Gasteiger partial charge is 0.512 e. The molecule has 1 saturated heterocycles. The quantitative estimate of drug-likeness (QED) is 0.400. The molecule has 0 atom stereocenters. The van der Waals surface area contributed by atoms with Crippen LogP contribution in [0.4, 0.5) is 0 Å². The molecule has 8 bridgehead atoms. The molecule has 0 aliphatic carbocycles. The molecule has 5 nitrogen and oxygen atoms in total. The molecule has 0 unspecified atom stereocenters. The molecule has 0 radical (unpaired) electrons. The van der Waals surface area contributed by atoms with E-state index in [1.54, 1.807) is 6.92 Å². The molecule has 0 amide bonds. The Labute approximate surface area is 224 Å². The highest BCUT2D eigenvalue weighted by Crippen LogP contribution is 2.41. The number of aliphatic hydroxyl groups is 1. The van der Waals surface area contributed by atoms with Crippen LogP contribution in [0.3, 0.4) is 0 Å². The third-order valence-electron chi connectivity index (χ3n) is 7.53. The van der Waals surface area contributed by atoms with Crippen LogP contribution < -0.4 is 5.32 Å². The summed E-state index contributed by atoms with van der Waals surface area (Å²) in [6.07, 6.45) is 17.2. The molecule has 1 fully saturated rings. The highest BCUT2D eigenvalue weighted by molar-refractivity contribution is 6.16. The van der Waals surface area contributed by atoms with E-state index in [2.05, 4.69) is 70.3 Å². The van der Waals surface area contributed by atoms with Crippen molar-refractivity contribution in [1.82, 2.24) is 5.32 Å². The molecule has 5 aliphatic rings. The Hall–Kier alpha value is -4.25. The van der Waals surface area contributed by atoms with Gasteiger partial charge in [0.1, 0.15) is 0 Å². The van der Waals surface area contributed by atoms with Crippen molar-refractivity contribution in [1.29, 1.82) is 0 Å². The maximum atomic E-state index is 10.7. The molecule has 6 rings (SSSR count). The summed E-state index contributed by atoms with van der Waals surface area (Å²) in [6, 6.07) is 4.41. The van der Waals surface area contributed by atoms with Crippen LogP contribution in [0.15, 0.2) is 116 Å². The van der Waals surface area contributed by atoms with Gasteiger partial charge in [0.25, 0.3) is 0 Å². The topological polar surface area (TPSA) is 69.3 Å². The average molecular weight is 501 g/mol. The fraction of sp³-hybridized carbons (Fsp3) is 0.242. The molecule has 1 aromatic carbocycles. The van der Waals surface area contributed by atoms with Gasteiger partial charge in [-0.3, -0.25) is 0 Å². The lowest BCUT2D eigenvalue weighted by Gasteiger charge is -2.17. The normalized spacial score (nSPS) is 22.4. The van der Waals surface area contributed by atoms with E-state index in [-0.39, 0.29) is 11.2 Å². The first-order valence-corrected chi connectivity index (χ1v) is 13.1. The number of nitrogens with zero attached hydrogens (tertiary/aromatic N) is 3. The van der Waals surface area contributed by atoms with Crippen molar-refractivity contribution in [3.05, 3.63) is 123 Å². The predicted molar refractivity (Wildman–Crippen MR) is 157 cm³/mol. The van der Waals surface area contributed by atoms with Gasteiger partial charge >= 0.3 is 0 Å². The second-order valence-corrected chi connectivity index (χ2v) is 11.3. The summed E-state index contributed by atoms with van der Waals surface area (Å²) in [6.45, 7) is 12.6. The number of aliphatic imine (C=N–C) groups is 3. The molecule has 2 N–H and O–H groups in total. The van der Waals surface area contributed by atoms with Gasteiger partial charge in [-0.25, -0.2) is 15.0 Å². The van der Waals surface area contributed by atoms with E-state index in [1.807, 2.05) is 30.4 Å². The zero-order chi connectivity index (χ0) is 26.8. The van der Waals surface area contributed by atoms with Crippen molar-refractivity contribution in [2.45, 2.75) is 48.0 Å². The first-order chi connectivity index (χ1) is 18.1. The number of hydrogen-bond donors (Lipinski definition) is 2. The summed E-state index contributed by atoms with van der Waals surface area (Å²) in [5.41, 5.74) is 13.5. The minimum Gasteiger partial charge on any atom is -0.512 e. The van der Waals surface area contributed by atoms with Crippen molar-refractivity contribution in [2.75, 3.05) is 0 Å². The minimum absolute atomic E-state index is 0.0780. The maximum Gasteiger partial charge on any atom is 0.0986 e. The van der Waals surface area contributed by atoms with E-state index >= 15 is 0 Å². The summed E-state index contributed by atoms with van der Waals surface area (Å²) in [5.74, 6) is 0.246. The molecule has 190 valence electrons. The lowest BCUT2D eigenvalue weighted by atomic mass is 9.87. The number of allylic oxidation sites excluding steroid dienone is 13. The molecular weight excluding hydrogens is 468 g/mol. The van der Waals surface area contributed by atoms with Gasteiger partial charge in [0.2, 0.25) is 0 Å². The predicted octanol–water partition coefficient (Wildman–Crippen LogP) is 7.20. The van der Waals surface area contributed by atoms with E-state index in [0.717, 1.165) is 68.8 Å². The summed E-state index contributed by atoms with van der Waals surface area (Å²) in [4.78, 5) is 15.0. The van der Waals surface area contributed by atoms with E-state index in [0.29, 0.717) is 0 Å². The Morgan fingerprint density at radius 3 is 2.32 bits per heavy atom. The first-order valence-electron chi connectivity index (χ1n) is 13.1. The molecule has 0 saturated carbocycles. The van der Waals surface area contributed by atoms with Crippen molar-refractivity contribution in [3.8, 4) is 0 Å². The smallest absolute Gasteiger partial charge is 0.0986 e. The summed E-state index contributed by atoms with van der Waals surface area (Å²) in [7, 11) is 0. The van der Waals surface area contributed by atoms with Crippen LogP contribution in [-0.4, -0.2) is 22.2 Å². The molecule has 1 aromatic rings. The fourth-order valence-electron chi connectivity index (χ4n) is 5.82. The third-order valence-corrected chi connectivity index (χ3v) is 7.53. The molecular formula is C33H32N4O. The number of benzene rings is 1. The van der Waals surface area contributed by atoms with E-state index < -0.39 is 0 Å². The van der Waals surface area contributed by atoms with Crippen LogP contribution in [0, 0.1) is 26.2 Å². The molecule has 5 heterocycles. The second-order valence-electron chi connectivity index (χ2n) is 11.3. The molecule has 5 heteroatoms. The van der Waals surface area contributed by atoms with Gasteiger partial charge in [0, 0.05) is 28.0 Å². The van der Waals surface area contributed by atoms with Crippen LogP contribution in [0.2, 0.25) is 0 Å². The van der Waals surface area contributed by atoms with E-state index in [1.165, 1.54) is 16.7 Å². The summed E-state index contributed by atoms with van der Waals surface area (Å²) < 4.78 is 0. The van der Waals surface area contributed by atoms with Crippen LogP contribution in [0.1, 0.15) is 49.4 Å². The molecule has 5 aliphatic heterocycles. The van der Waals surface area contributed by atoms with Gasteiger partial charge in [-0.05, 0) is 99.4 Å². The maximum absolute atomic E-state index is 10.7. The van der Waals surface area contributed by atoms with Crippen LogP contribution >= 0.6 is 0 Å². The number of hydrogen-bond acceptors (Lipinski definition) is 5. The first kappa shape index (κ1) is 24.1. The number of nitrogens with one attached hydrogen (secondary N) is 1. The monoisotopic (exact) mass is 500 g/mol. The Morgan fingerprint density at radius 1 is 0.868 bits per heavy atom. The average Bonchev–Trinajstić information content (AvgIpc) is 3.59. The zero-order valence-electron chi connectivity index (χ0n) is 22.8. The zero-order valence-corrected chi connectivity index (χ0v) is 22.8. The fourth-order valence-corrected chi connectivity index (χ4v) is 5.82. The summed E-state index contributed by atoms with van der Waals surface area (Å²) >= 11 is 0. The lowest BCUT2D eigenvalue weighted by molar-refractivity contribution is 0.412. The SMILES string of the molecule is C/C(O)=C1\C=C2N=C1C=C1CC(C)(C)C(=CC3=NC(=CC4=NC(=C2c2c(C)cc(C)cc2C)C=C4)C=C3)N1. The molecule has 0 spiro atoms. The number of aliphatic hydroxyl groups excluding tert-OH is 1. The van der Waals surface area contributed by atoms with Crippen molar-refractivity contribution in [2.24, 2.45) is 20.4 Å².